The Morgan fingerprint density at radius 3 is 1.40 bits per heavy atom. The second-order valence-electron chi connectivity index (χ2n) is 4.06. The molecule has 0 nitrogen and oxygen atoms in total. The molecule has 0 amide bonds. The first-order valence-electron chi connectivity index (χ1n) is 7.13. The van der Waals surface area contributed by atoms with Gasteiger partial charge in [-0.25, -0.2) is 0 Å². The highest BCUT2D eigenvalue weighted by molar-refractivity contribution is 4.67. The second-order valence-corrected chi connectivity index (χ2v) is 4.06. The molecule has 2 atom stereocenters. The van der Waals surface area contributed by atoms with Gasteiger partial charge in [-0.1, -0.05) is 81.6 Å². The zero-order chi connectivity index (χ0) is 12.9. The highest BCUT2D eigenvalue weighted by Gasteiger charge is 2.16. The quantitative estimate of drug-likeness (QED) is 0.516. The largest absolute Gasteiger partial charge is 0.0683 e. The van der Waals surface area contributed by atoms with Gasteiger partial charge in [0.1, 0.15) is 0 Å². The molecule has 0 aliphatic carbocycles. The molecule has 0 saturated heterocycles. The smallest absolute Gasteiger partial charge is 0.0389 e. The van der Waals surface area contributed by atoms with Crippen molar-refractivity contribution in [2.75, 3.05) is 0 Å². The minimum atomic E-state index is 0.853. The van der Waals surface area contributed by atoms with Crippen LogP contribution in [0.25, 0.3) is 0 Å². The van der Waals surface area contributed by atoms with Crippen molar-refractivity contribution >= 4 is 0 Å². The molecule has 0 heterocycles. The van der Waals surface area contributed by atoms with Gasteiger partial charge in [-0.05, 0) is 17.8 Å². The molecule has 0 aromatic heterocycles. The summed E-state index contributed by atoms with van der Waals surface area (Å²) in [6.45, 7) is 19.7. The molecule has 0 heteroatoms. The average molecular weight is 216 g/mol. The third-order valence-electron chi connectivity index (χ3n) is 2.98. The normalized spacial score (nSPS) is 13.2. The standard InChI is InChI=1S/C11H24.2C2H6/c1-6-8-11(7-2)10(5)9(3)4;2*1-2/h9-11H,6-8H2,1-5H3;2*1-2H3. The lowest BCUT2D eigenvalue weighted by atomic mass is 9.81. The van der Waals surface area contributed by atoms with Crippen molar-refractivity contribution in [1.82, 2.24) is 0 Å². The summed E-state index contributed by atoms with van der Waals surface area (Å²) in [5, 5.41) is 0. The molecule has 0 radical (unpaired) electrons. The van der Waals surface area contributed by atoms with Crippen molar-refractivity contribution in [3.05, 3.63) is 0 Å². The van der Waals surface area contributed by atoms with Gasteiger partial charge >= 0.3 is 0 Å². The molecular formula is C15H36. The molecule has 0 bridgehead atoms. The molecule has 15 heavy (non-hydrogen) atoms. The lowest BCUT2D eigenvalue weighted by Crippen LogP contribution is -2.16. The first kappa shape index (κ1) is 20.4. The van der Waals surface area contributed by atoms with Crippen molar-refractivity contribution in [2.24, 2.45) is 17.8 Å². The molecule has 0 aliphatic rings. The van der Waals surface area contributed by atoms with Gasteiger partial charge < -0.3 is 0 Å². The Morgan fingerprint density at radius 2 is 1.20 bits per heavy atom. The van der Waals surface area contributed by atoms with Crippen LogP contribution in [0.1, 0.15) is 81.6 Å². The summed E-state index contributed by atoms with van der Waals surface area (Å²) in [4.78, 5) is 0. The molecule has 0 N–H and O–H groups in total. The van der Waals surface area contributed by atoms with E-state index in [2.05, 4.69) is 34.6 Å². The predicted molar refractivity (Wildman–Crippen MR) is 75.4 cm³/mol. The molecule has 0 aromatic carbocycles. The van der Waals surface area contributed by atoms with Gasteiger partial charge in [0.25, 0.3) is 0 Å². The maximum Gasteiger partial charge on any atom is -0.0389 e. The third kappa shape index (κ3) is 11.9. The molecule has 0 fully saturated rings. The van der Waals surface area contributed by atoms with Crippen LogP contribution in [0.3, 0.4) is 0 Å². The molecule has 2 unspecified atom stereocenters. The molecular weight excluding hydrogens is 180 g/mol. The summed E-state index contributed by atoms with van der Waals surface area (Å²) < 4.78 is 0. The van der Waals surface area contributed by atoms with Crippen LogP contribution in [0, 0.1) is 17.8 Å². The van der Waals surface area contributed by atoms with Gasteiger partial charge in [0.15, 0.2) is 0 Å². The predicted octanol–water partition coefficient (Wildman–Crippen LogP) is 6.16. The molecule has 0 saturated carbocycles. The van der Waals surface area contributed by atoms with Gasteiger partial charge in [0.05, 0.1) is 0 Å². The highest BCUT2D eigenvalue weighted by Crippen LogP contribution is 2.26. The van der Waals surface area contributed by atoms with Crippen molar-refractivity contribution in [1.29, 1.82) is 0 Å². The number of hydrogen-bond acceptors (Lipinski definition) is 0. The molecule has 96 valence electrons. The van der Waals surface area contributed by atoms with E-state index in [4.69, 9.17) is 0 Å². The first-order chi connectivity index (χ1) is 7.13. The van der Waals surface area contributed by atoms with E-state index in [9.17, 15) is 0 Å². The van der Waals surface area contributed by atoms with Crippen molar-refractivity contribution in [3.63, 3.8) is 0 Å². The van der Waals surface area contributed by atoms with E-state index in [1.165, 1.54) is 19.3 Å². The van der Waals surface area contributed by atoms with Gasteiger partial charge in [0.2, 0.25) is 0 Å². The highest BCUT2D eigenvalue weighted by atomic mass is 14.2. The van der Waals surface area contributed by atoms with Crippen LogP contribution in [0.2, 0.25) is 0 Å². The Hall–Kier alpha value is 0. The summed E-state index contributed by atoms with van der Waals surface area (Å²) in [5.41, 5.74) is 0. The first-order valence-corrected chi connectivity index (χ1v) is 7.13. The zero-order valence-corrected chi connectivity index (χ0v) is 12.9. The van der Waals surface area contributed by atoms with E-state index in [1.807, 2.05) is 27.7 Å². The van der Waals surface area contributed by atoms with Gasteiger partial charge in [0, 0.05) is 0 Å². The van der Waals surface area contributed by atoms with E-state index >= 15 is 0 Å². The topological polar surface area (TPSA) is 0 Å². The van der Waals surface area contributed by atoms with Crippen LogP contribution in [0.15, 0.2) is 0 Å². The Balaban J connectivity index is -0.000000318. The summed E-state index contributed by atoms with van der Waals surface area (Å²) in [6.07, 6.45) is 4.11. The average Bonchev–Trinajstić information content (AvgIpc) is 2.30. The minimum Gasteiger partial charge on any atom is -0.0683 e. The Labute approximate surface area is 99.9 Å². The third-order valence-corrected chi connectivity index (χ3v) is 2.98. The van der Waals surface area contributed by atoms with Crippen LogP contribution in [-0.4, -0.2) is 0 Å². The van der Waals surface area contributed by atoms with Crippen LogP contribution >= 0.6 is 0 Å². The van der Waals surface area contributed by atoms with Gasteiger partial charge in [-0.2, -0.15) is 0 Å². The molecule has 0 spiro atoms. The van der Waals surface area contributed by atoms with Crippen LogP contribution in [0.4, 0.5) is 0 Å². The van der Waals surface area contributed by atoms with E-state index in [-0.39, 0.29) is 0 Å². The van der Waals surface area contributed by atoms with E-state index in [1.54, 1.807) is 0 Å². The maximum absolute atomic E-state index is 2.40. The summed E-state index contributed by atoms with van der Waals surface area (Å²) >= 11 is 0. The van der Waals surface area contributed by atoms with Crippen molar-refractivity contribution in [3.8, 4) is 0 Å². The van der Waals surface area contributed by atoms with Crippen LogP contribution in [-0.2, 0) is 0 Å². The summed E-state index contributed by atoms with van der Waals surface area (Å²) in [7, 11) is 0. The lowest BCUT2D eigenvalue weighted by molar-refractivity contribution is 0.253. The Morgan fingerprint density at radius 1 is 0.800 bits per heavy atom. The Bertz CT molecular complexity index is 84.0. The molecule has 0 aromatic rings. The van der Waals surface area contributed by atoms with Gasteiger partial charge in [-0.3, -0.25) is 0 Å². The molecule has 0 rings (SSSR count). The van der Waals surface area contributed by atoms with E-state index in [0.29, 0.717) is 0 Å². The lowest BCUT2D eigenvalue weighted by Gasteiger charge is -2.25. The second kappa shape index (κ2) is 16.4. The van der Waals surface area contributed by atoms with E-state index < -0.39 is 0 Å². The van der Waals surface area contributed by atoms with E-state index in [0.717, 1.165) is 17.8 Å². The fraction of sp³-hybridized carbons (Fsp3) is 1.00. The number of hydrogen-bond donors (Lipinski definition) is 0. The summed E-state index contributed by atoms with van der Waals surface area (Å²) in [6, 6.07) is 0. The summed E-state index contributed by atoms with van der Waals surface area (Å²) in [5.74, 6) is 2.71. The van der Waals surface area contributed by atoms with Crippen LogP contribution in [0.5, 0.6) is 0 Å². The van der Waals surface area contributed by atoms with Crippen molar-refractivity contribution in [2.45, 2.75) is 81.6 Å². The Kier molecular flexibility index (Phi) is 22.4. The number of rotatable bonds is 5. The van der Waals surface area contributed by atoms with Crippen molar-refractivity contribution < 1.29 is 0 Å². The van der Waals surface area contributed by atoms with Gasteiger partial charge in [-0.15, -0.1) is 0 Å². The fourth-order valence-electron chi connectivity index (χ4n) is 1.75. The SMILES string of the molecule is CC.CC.CCCC(CC)C(C)C(C)C. The fourth-order valence-corrected chi connectivity index (χ4v) is 1.75. The van der Waals surface area contributed by atoms with Crippen LogP contribution < -0.4 is 0 Å². The maximum atomic E-state index is 2.40. The minimum absolute atomic E-state index is 0.853. The molecule has 0 aliphatic heterocycles. The monoisotopic (exact) mass is 216 g/mol. The zero-order valence-electron chi connectivity index (χ0n) is 12.9.